The van der Waals surface area contributed by atoms with Crippen LogP contribution in [0.1, 0.15) is 12.5 Å². The van der Waals surface area contributed by atoms with Gasteiger partial charge in [0.2, 0.25) is 0 Å². The molecule has 0 saturated heterocycles. The lowest BCUT2D eigenvalue weighted by molar-refractivity contribution is 0.396. The summed E-state index contributed by atoms with van der Waals surface area (Å²) in [5.41, 5.74) is 0.881. The highest BCUT2D eigenvalue weighted by atomic mass is 16.5. The Balaban J connectivity index is 3.12. The number of aryl methyl sites for hydroxylation is 1. The van der Waals surface area contributed by atoms with Gasteiger partial charge in [0.15, 0.2) is 5.88 Å². The molecule has 0 spiro atoms. The fraction of sp³-hybridized carbons (Fsp3) is 0.375. The molecule has 1 aromatic rings. The van der Waals surface area contributed by atoms with E-state index in [-0.39, 0.29) is 5.56 Å². The normalized spacial score (nSPS) is 9.64. The number of nitrogens with one attached hydrogen (secondary N) is 1. The molecule has 0 bridgehead atoms. The monoisotopic (exact) mass is 153 g/mol. The highest BCUT2D eigenvalue weighted by molar-refractivity contribution is 5.20. The molecule has 1 N–H and O–H groups in total. The van der Waals surface area contributed by atoms with Crippen molar-refractivity contribution in [2.24, 2.45) is 0 Å². The zero-order valence-corrected chi connectivity index (χ0v) is 6.68. The molecule has 11 heavy (non-hydrogen) atoms. The molecule has 0 fully saturated rings. The predicted molar refractivity (Wildman–Crippen MR) is 43.0 cm³/mol. The molecule has 1 aromatic heterocycles. The number of pyridine rings is 1. The maximum atomic E-state index is 10.9. The van der Waals surface area contributed by atoms with E-state index >= 15 is 0 Å². The van der Waals surface area contributed by atoms with E-state index in [2.05, 4.69) is 4.98 Å². The topological polar surface area (TPSA) is 42.1 Å². The number of ether oxygens (including phenoxy) is 1. The summed E-state index contributed by atoms with van der Waals surface area (Å²) in [7, 11) is 1.53. The number of aromatic nitrogens is 1. The van der Waals surface area contributed by atoms with Crippen LogP contribution < -0.4 is 10.3 Å². The Bertz CT molecular complexity index is 265. The van der Waals surface area contributed by atoms with Crippen molar-refractivity contribution < 1.29 is 4.74 Å². The molecule has 3 heteroatoms. The Morgan fingerprint density at radius 2 is 2.27 bits per heavy atom. The maximum absolute atomic E-state index is 10.9. The van der Waals surface area contributed by atoms with E-state index < -0.39 is 0 Å². The lowest BCUT2D eigenvalue weighted by Crippen LogP contribution is -2.06. The Hall–Kier alpha value is -1.25. The van der Waals surface area contributed by atoms with Gasteiger partial charge in [-0.25, -0.2) is 0 Å². The SMILES string of the molecule is CCc1cc(OC)[nH]c(=O)c1. The first-order valence-corrected chi connectivity index (χ1v) is 3.53. The zero-order chi connectivity index (χ0) is 8.27. The molecule has 0 aliphatic carbocycles. The number of aromatic amines is 1. The number of H-pyrrole nitrogens is 1. The van der Waals surface area contributed by atoms with Gasteiger partial charge in [0.1, 0.15) is 0 Å². The van der Waals surface area contributed by atoms with Gasteiger partial charge in [0.05, 0.1) is 7.11 Å². The molecule has 60 valence electrons. The lowest BCUT2D eigenvalue weighted by atomic mass is 10.2. The van der Waals surface area contributed by atoms with Crippen LogP contribution in [0.25, 0.3) is 0 Å². The van der Waals surface area contributed by atoms with E-state index in [1.807, 2.05) is 13.0 Å². The molecule has 3 nitrogen and oxygen atoms in total. The second-order valence-corrected chi connectivity index (χ2v) is 2.27. The molecule has 0 amide bonds. The van der Waals surface area contributed by atoms with Crippen molar-refractivity contribution in [1.82, 2.24) is 4.98 Å². The molecule has 0 aliphatic rings. The van der Waals surface area contributed by atoms with Crippen LogP contribution in [0.2, 0.25) is 0 Å². The molecule has 0 aliphatic heterocycles. The molecule has 0 saturated carbocycles. The van der Waals surface area contributed by atoms with Gasteiger partial charge in [-0.05, 0) is 12.0 Å². The highest BCUT2D eigenvalue weighted by Gasteiger charge is 1.95. The largest absolute Gasteiger partial charge is 0.482 e. The summed E-state index contributed by atoms with van der Waals surface area (Å²) in [4.78, 5) is 13.4. The van der Waals surface area contributed by atoms with E-state index in [0.29, 0.717) is 5.88 Å². The maximum Gasteiger partial charge on any atom is 0.250 e. The molecule has 1 rings (SSSR count). The Morgan fingerprint density at radius 1 is 1.55 bits per heavy atom. The Labute approximate surface area is 65.0 Å². The molecule has 0 unspecified atom stereocenters. The van der Waals surface area contributed by atoms with Crippen LogP contribution in [-0.2, 0) is 6.42 Å². The summed E-state index contributed by atoms with van der Waals surface area (Å²) < 4.78 is 4.88. The third-order valence-corrected chi connectivity index (χ3v) is 1.51. The Kier molecular flexibility index (Phi) is 2.31. The summed E-state index contributed by atoms with van der Waals surface area (Å²) in [6, 6.07) is 3.39. The van der Waals surface area contributed by atoms with Crippen molar-refractivity contribution >= 4 is 0 Å². The molecule has 0 atom stereocenters. The van der Waals surface area contributed by atoms with Gasteiger partial charge in [-0.2, -0.15) is 0 Å². The fourth-order valence-corrected chi connectivity index (χ4v) is 0.886. The Morgan fingerprint density at radius 3 is 2.82 bits per heavy atom. The van der Waals surface area contributed by atoms with Gasteiger partial charge in [0.25, 0.3) is 5.56 Å². The summed E-state index contributed by atoms with van der Waals surface area (Å²) in [6.07, 6.45) is 0.847. The number of hydrogen-bond donors (Lipinski definition) is 1. The van der Waals surface area contributed by atoms with Crippen LogP contribution in [0.15, 0.2) is 16.9 Å². The first kappa shape index (κ1) is 7.85. The molecule has 0 aromatic carbocycles. The zero-order valence-electron chi connectivity index (χ0n) is 6.68. The second-order valence-electron chi connectivity index (χ2n) is 2.27. The quantitative estimate of drug-likeness (QED) is 0.687. The van der Waals surface area contributed by atoms with Crippen molar-refractivity contribution in [2.75, 3.05) is 7.11 Å². The number of hydrogen-bond acceptors (Lipinski definition) is 2. The van der Waals surface area contributed by atoms with E-state index in [1.54, 1.807) is 6.07 Å². The van der Waals surface area contributed by atoms with E-state index in [9.17, 15) is 4.79 Å². The van der Waals surface area contributed by atoms with Gasteiger partial charge in [-0.3, -0.25) is 9.78 Å². The minimum atomic E-state index is -0.110. The van der Waals surface area contributed by atoms with Crippen molar-refractivity contribution in [1.29, 1.82) is 0 Å². The minimum Gasteiger partial charge on any atom is -0.482 e. The molecule has 1 heterocycles. The summed E-state index contributed by atoms with van der Waals surface area (Å²) in [5, 5.41) is 0. The highest BCUT2D eigenvalue weighted by Crippen LogP contribution is 2.05. The van der Waals surface area contributed by atoms with Crippen LogP contribution in [0.3, 0.4) is 0 Å². The first-order valence-electron chi connectivity index (χ1n) is 3.53. The smallest absolute Gasteiger partial charge is 0.250 e. The van der Waals surface area contributed by atoms with Gasteiger partial charge in [-0.1, -0.05) is 6.92 Å². The third kappa shape index (κ3) is 1.83. The third-order valence-electron chi connectivity index (χ3n) is 1.51. The average Bonchev–Trinajstić information content (AvgIpc) is 2.03. The summed E-state index contributed by atoms with van der Waals surface area (Å²) >= 11 is 0. The molecular weight excluding hydrogens is 142 g/mol. The van der Waals surface area contributed by atoms with Crippen molar-refractivity contribution in [2.45, 2.75) is 13.3 Å². The summed E-state index contributed by atoms with van der Waals surface area (Å²) in [6.45, 7) is 1.99. The number of methoxy groups -OCH3 is 1. The van der Waals surface area contributed by atoms with Crippen molar-refractivity contribution in [3.05, 3.63) is 28.0 Å². The van der Waals surface area contributed by atoms with Gasteiger partial charge in [-0.15, -0.1) is 0 Å². The van der Waals surface area contributed by atoms with Crippen LogP contribution in [-0.4, -0.2) is 12.1 Å². The second kappa shape index (κ2) is 3.23. The fourth-order valence-electron chi connectivity index (χ4n) is 0.886. The van der Waals surface area contributed by atoms with Gasteiger partial charge < -0.3 is 4.74 Å². The first-order chi connectivity index (χ1) is 5.26. The number of rotatable bonds is 2. The standard InChI is InChI=1S/C8H11NO2/c1-3-6-4-7(10)9-8(5-6)11-2/h4-5H,3H2,1-2H3,(H,9,10). The van der Waals surface area contributed by atoms with Crippen LogP contribution >= 0.6 is 0 Å². The average molecular weight is 153 g/mol. The lowest BCUT2D eigenvalue weighted by Gasteiger charge is -2.00. The van der Waals surface area contributed by atoms with Crippen LogP contribution in [0.5, 0.6) is 5.88 Å². The van der Waals surface area contributed by atoms with E-state index in [0.717, 1.165) is 12.0 Å². The molecule has 0 radical (unpaired) electrons. The minimum absolute atomic E-state index is 0.110. The predicted octanol–water partition coefficient (Wildman–Crippen LogP) is 0.946. The van der Waals surface area contributed by atoms with Crippen LogP contribution in [0, 0.1) is 0 Å². The van der Waals surface area contributed by atoms with Gasteiger partial charge >= 0.3 is 0 Å². The van der Waals surface area contributed by atoms with Crippen LogP contribution in [0.4, 0.5) is 0 Å². The van der Waals surface area contributed by atoms with Crippen molar-refractivity contribution in [3.8, 4) is 5.88 Å². The summed E-state index contributed by atoms with van der Waals surface area (Å²) in [5.74, 6) is 0.523. The molecular formula is C8H11NO2. The van der Waals surface area contributed by atoms with E-state index in [1.165, 1.54) is 7.11 Å². The van der Waals surface area contributed by atoms with Crippen molar-refractivity contribution in [3.63, 3.8) is 0 Å². The van der Waals surface area contributed by atoms with E-state index in [4.69, 9.17) is 4.74 Å². The van der Waals surface area contributed by atoms with Gasteiger partial charge in [0, 0.05) is 12.1 Å².